The highest BCUT2D eigenvalue weighted by molar-refractivity contribution is 5.80. The standard InChI is InChI=1S/C8H11N3O4/c1-6(5-12)7(13)4-10-3-2-8(9-10)11(14)15/h2-3,6,12H,4-5H2,1H3. The Balaban J connectivity index is 2.65. The first kappa shape index (κ1) is 11.3. The van der Waals surface area contributed by atoms with Crippen LogP contribution in [0.4, 0.5) is 5.82 Å². The van der Waals surface area contributed by atoms with Crippen LogP contribution in [0.1, 0.15) is 6.92 Å². The van der Waals surface area contributed by atoms with Gasteiger partial charge in [0.1, 0.15) is 6.54 Å². The van der Waals surface area contributed by atoms with E-state index in [9.17, 15) is 14.9 Å². The third-order valence-electron chi connectivity index (χ3n) is 1.95. The number of aliphatic hydroxyl groups excluding tert-OH is 1. The molecule has 1 heterocycles. The number of carbonyl (C=O) groups is 1. The van der Waals surface area contributed by atoms with Crippen LogP contribution >= 0.6 is 0 Å². The fraction of sp³-hybridized carbons (Fsp3) is 0.500. The molecule has 0 fully saturated rings. The summed E-state index contributed by atoms with van der Waals surface area (Å²) < 4.78 is 1.19. The van der Waals surface area contributed by atoms with E-state index in [1.807, 2.05) is 0 Å². The second-order valence-corrected chi connectivity index (χ2v) is 3.18. The zero-order valence-electron chi connectivity index (χ0n) is 8.16. The van der Waals surface area contributed by atoms with Gasteiger partial charge >= 0.3 is 5.82 Å². The van der Waals surface area contributed by atoms with Gasteiger partial charge in [0.05, 0.1) is 24.0 Å². The largest absolute Gasteiger partial charge is 0.396 e. The van der Waals surface area contributed by atoms with Crippen LogP contribution in [-0.2, 0) is 11.3 Å². The topological polar surface area (TPSA) is 98.3 Å². The highest BCUT2D eigenvalue weighted by Gasteiger charge is 2.16. The van der Waals surface area contributed by atoms with Gasteiger partial charge < -0.3 is 15.2 Å². The molecule has 0 aliphatic heterocycles. The predicted octanol–water partition coefficient (Wildman–Crippen LogP) is -0.0112. The molecule has 1 aromatic heterocycles. The van der Waals surface area contributed by atoms with Gasteiger partial charge in [0.25, 0.3) is 0 Å². The Morgan fingerprint density at radius 1 is 1.80 bits per heavy atom. The van der Waals surface area contributed by atoms with Crippen molar-refractivity contribution in [3.8, 4) is 0 Å². The number of aliphatic hydroxyl groups is 1. The number of carbonyl (C=O) groups excluding carboxylic acids is 1. The van der Waals surface area contributed by atoms with Gasteiger partial charge in [-0.1, -0.05) is 6.92 Å². The third kappa shape index (κ3) is 2.84. The quantitative estimate of drug-likeness (QED) is 0.547. The minimum absolute atomic E-state index is 0.0600. The summed E-state index contributed by atoms with van der Waals surface area (Å²) in [5.41, 5.74) is 0. The van der Waals surface area contributed by atoms with Crippen molar-refractivity contribution in [1.29, 1.82) is 0 Å². The Kier molecular flexibility index (Phi) is 3.51. The molecule has 82 valence electrons. The first-order valence-corrected chi connectivity index (χ1v) is 4.36. The molecule has 0 saturated heterocycles. The normalized spacial score (nSPS) is 12.4. The maximum absolute atomic E-state index is 11.3. The number of aromatic nitrogens is 2. The lowest BCUT2D eigenvalue weighted by atomic mass is 10.1. The van der Waals surface area contributed by atoms with Crippen molar-refractivity contribution in [2.45, 2.75) is 13.5 Å². The van der Waals surface area contributed by atoms with Gasteiger partial charge in [-0.05, 0) is 4.92 Å². The average molecular weight is 213 g/mol. The van der Waals surface area contributed by atoms with Crippen LogP contribution in [0, 0.1) is 16.0 Å². The summed E-state index contributed by atoms with van der Waals surface area (Å²) in [6, 6.07) is 1.22. The number of ketones is 1. The number of nitro groups is 1. The second-order valence-electron chi connectivity index (χ2n) is 3.18. The van der Waals surface area contributed by atoms with Crippen LogP contribution < -0.4 is 0 Å². The van der Waals surface area contributed by atoms with Crippen LogP contribution in [-0.4, -0.2) is 32.2 Å². The molecule has 0 amide bonds. The van der Waals surface area contributed by atoms with Crippen molar-refractivity contribution >= 4 is 11.6 Å². The van der Waals surface area contributed by atoms with Gasteiger partial charge in [-0.25, -0.2) is 0 Å². The number of Topliss-reactive ketones (excluding diaryl/α,β-unsaturated/α-hetero) is 1. The van der Waals surface area contributed by atoms with E-state index in [4.69, 9.17) is 5.11 Å². The zero-order chi connectivity index (χ0) is 11.4. The molecule has 1 N–H and O–H groups in total. The van der Waals surface area contributed by atoms with Gasteiger partial charge in [0.15, 0.2) is 5.78 Å². The van der Waals surface area contributed by atoms with Crippen LogP contribution in [0.3, 0.4) is 0 Å². The van der Waals surface area contributed by atoms with Crippen molar-refractivity contribution in [1.82, 2.24) is 9.78 Å². The average Bonchev–Trinajstić information content (AvgIpc) is 2.65. The molecule has 1 atom stereocenters. The van der Waals surface area contributed by atoms with E-state index in [0.29, 0.717) is 0 Å². The number of hydrogen-bond acceptors (Lipinski definition) is 5. The Morgan fingerprint density at radius 2 is 2.47 bits per heavy atom. The molecule has 0 bridgehead atoms. The van der Waals surface area contributed by atoms with Crippen molar-refractivity contribution < 1.29 is 14.8 Å². The van der Waals surface area contributed by atoms with Crippen LogP contribution in [0.15, 0.2) is 12.3 Å². The van der Waals surface area contributed by atoms with Crippen LogP contribution in [0.5, 0.6) is 0 Å². The molecular formula is C8H11N3O4. The van der Waals surface area contributed by atoms with E-state index in [0.717, 1.165) is 0 Å². The summed E-state index contributed by atoms with van der Waals surface area (Å²) in [5, 5.41) is 22.6. The Labute approximate surface area is 85.5 Å². The number of rotatable bonds is 5. The molecular weight excluding hydrogens is 202 g/mol. The van der Waals surface area contributed by atoms with E-state index >= 15 is 0 Å². The van der Waals surface area contributed by atoms with Gasteiger partial charge in [0, 0.05) is 5.92 Å². The minimum Gasteiger partial charge on any atom is -0.396 e. The molecule has 7 nitrogen and oxygen atoms in total. The molecule has 15 heavy (non-hydrogen) atoms. The highest BCUT2D eigenvalue weighted by Crippen LogP contribution is 2.06. The highest BCUT2D eigenvalue weighted by atomic mass is 16.6. The third-order valence-corrected chi connectivity index (χ3v) is 1.95. The molecule has 0 radical (unpaired) electrons. The van der Waals surface area contributed by atoms with E-state index in [1.165, 1.54) is 16.9 Å². The van der Waals surface area contributed by atoms with E-state index in [-0.39, 0.29) is 24.8 Å². The number of nitrogens with zero attached hydrogens (tertiary/aromatic N) is 3. The minimum atomic E-state index is -0.629. The molecule has 1 unspecified atom stereocenters. The van der Waals surface area contributed by atoms with Crippen LogP contribution in [0.2, 0.25) is 0 Å². The van der Waals surface area contributed by atoms with Gasteiger partial charge in [-0.2, -0.15) is 4.68 Å². The SMILES string of the molecule is CC(CO)C(=O)Cn1ccc([N+](=O)[O-])n1. The first-order chi connectivity index (χ1) is 7.04. The summed E-state index contributed by atoms with van der Waals surface area (Å²) in [6.07, 6.45) is 1.36. The summed E-state index contributed by atoms with van der Waals surface area (Å²) >= 11 is 0. The van der Waals surface area contributed by atoms with Gasteiger partial charge in [-0.15, -0.1) is 0 Å². The maximum Gasteiger partial charge on any atom is 0.389 e. The van der Waals surface area contributed by atoms with Crippen molar-refractivity contribution in [2.24, 2.45) is 5.92 Å². The lowest BCUT2D eigenvalue weighted by Crippen LogP contribution is -2.20. The summed E-state index contributed by atoms with van der Waals surface area (Å²) in [5.74, 6) is -0.983. The molecule has 0 aromatic carbocycles. The monoisotopic (exact) mass is 213 g/mol. The fourth-order valence-electron chi connectivity index (χ4n) is 0.954. The Bertz CT molecular complexity index is 374. The summed E-state index contributed by atoms with van der Waals surface area (Å²) in [6.45, 7) is 1.29. The van der Waals surface area contributed by atoms with Crippen molar-refractivity contribution in [3.05, 3.63) is 22.4 Å². The fourth-order valence-corrected chi connectivity index (χ4v) is 0.954. The van der Waals surface area contributed by atoms with Crippen molar-refractivity contribution in [3.63, 3.8) is 0 Å². The molecule has 0 spiro atoms. The second kappa shape index (κ2) is 4.65. The van der Waals surface area contributed by atoms with E-state index in [2.05, 4.69) is 5.10 Å². The van der Waals surface area contributed by atoms with Gasteiger partial charge in [-0.3, -0.25) is 4.79 Å². The van der Waals surface area contributed by atoms with Crippen molar-refractivity contribution in [2.75, 3.05) is 6.61 Å². The molecule has 1 aromatic rings. The Hall–Kier alpha value is -1.76. The smallest absolute Gasteiger partial charge is 0.389 e. The van der Waals surface area contributed by atoms with Gasteiger partial charge in [0.2, 0.25) is 0 Å². The molecule has 7 heteroatoms. The first-order valence-electron chi connectivity index (χ1n) is 4.36. The summed E-state index contributed by atoms with van der Waals surface area (Å²) in [4.78, 5) is 21.0. The molecule has 1 rings (SSSR count). The predicted molar refractivity (Wildman–Crippen MR) is 50.1 cm³/mol. The molecule has 0 aliphatic rings. The number of hydrogen-bond donors (Lipinski definition) is 1. The van der Waals surface area contributed by atoms with E-state index < -0.39 is 10.8 Å². The van der Waals surface area contributed by atoms with Crippen LogP contribution in [0.25, 0.3) is 0 Å². The molecule has 0 aliphatic carbocycles. The lowest BCUT2D eigenvalue weighted by molar-refractivity contribution is -0.389. The summed E-state index contributed by atoms with van der Waals surface area (Å²) in [7, 11) is 0. The maximum atomic E-state index is 11.3. The van der Waals surface area contributed by atoms with E-state index in [1.54, 1.807) is 6.92 Å². The zero-order valence-corrected chi connectivity index (χ0v) is 8.16. The molecule has 0 saturated carbocycles. The lowest BCUT2D eigenvalue weighted by Gasteiger charge is -2.03. The Morgan fingerprint density at radius 3 is 2.93 bits per heavy atom.